The van der Waals surface area contributed by atoms with E-state index >= 15 is 0 Å². The van der Waals surface area contributed by atoms with E-state index in [1.165, 1.54) is 6.34 Å². The molecule has 0 saturated carbocycles. The van der Waals surface area contributed by atoms with Crippen molar-refractivity contribution < 1.29 is 9.53 Å². The molecule has 1 amide bonds. The standard InChI is InChI=1S/C11H7N3O2/c1-16-6-2-3-7-8(4-6)14-10-9(7)12-5-13-11(10)15/h2-5H,1H3. The van der Waals surface area contributed by atoms with E-state index in [-0.39, 0.29) is 5.91 Å². The number of rotatable bonds is 1. The van der Waals surface area contributed by atoms with Crippen molar-refractivity contribution in [1.29, 1.82) is 0 Å². The maximum atomic E-state index is 11.5. The minimum Gasteiger partial charge on any atom is -0.497 e. The third-order valence-electron chi connectivity index (χ3n) is 2.48. The monoisotopic (exact) mass is 213 g/mol. The molecule has 78 valence electrons. The maximum absolute atomic E-state index is 11.5. The minimum atomic E-state index is -0.347. The summed E-state index contributed by atoms with van der Waals surface area (Å²) in [7, 11) is 1.59. The van der Waals surface area contributed by atoms with Crippen LogP contribution in [0.4, 0.5) is 5.69 Å². The average Bonchev–Trinajstić information content (AvgIpc) is 2.68. The lowest BCUT2D eigenvalue weighted by molar-refractivity contribution is -0.111. The molecule has 1 aromatic carbocycles. The van der Waals surface area contributed by atoms with E-state index in [0.29, 0.717) is 22.9 Å². The number of benzene rings is 1. The Morgan fingerprint density at radius 3 is 2.94 bits per heavy atom. The first-order valence-corrected chi connectivity index (χ1v) is 4.72. The zero-order valence-electron chi connectivity index (χ0n) is 8.47. The predicted octanol–water partition coefficient (Wildman–Crippen LogP) is 1.14. The van der Waals surface area contributed by atoms with Crippen molar-refractivity contribution in [2.45, 2.75) is 0 Å². The summed E-state index contributed by atoms with van der Waals surface area (Å²) >= 11 is 0. The molecule has 1 aromatic rings. The summed E-state index contributed by atoms with van der Waals surface area (Å²) in [4.78, 5) is 23.3. The molecule has 0 atom stereocenters. The molecule has 0 bridgehead atoms. The number of ether oxygens (including phenoxy) is 1. The molecule has 5 nitrogen and oxygen atoms in total. The number of carbonyl (C=O) groups is 1. The predicted molar refractivity (Wildman–Crippen MR) is 60.1 cm³/mol. The second-order valence-electron chi connectivity index (χ2n) is 3.37. The van der Waals surface area contributed by atoms with Crippen molar-refractivity contribution in [2.75, 3.05) is 7.11 Å². The van der Waals surface area contributed by atoms with Crippen molar-refractivity contribution in [3.8, 4) is 5.75 Å². The van der Waals surface area contributed by atoms with Crippen molar-refractivity contribution in [3.05, 3.63) is 23.8 Å². The molecule has 0 aromatic heterocycles. The Bertz CT molecular complexity index is 585. The van der Waals surface area contributed by atoms with Gasteiger partial charge in [0.2, 0.25) is 0 Å². The molecular formula is C11H7N3O2. The Labute approximate surface area is 91.2 Å². The lowest BCUT2D eigenvalue weighted by Gasteiger charge is -2.03. The lowest BCUT2D eigenvalue weighted by atomic mass is 10.1. The Hall–Kier alpha value is -2.30. The van der Waals surface area contributed by atoms with Gasteiger partial charge >= 0.3 is 0 Å². The molecule has 3 rings (SSSR count). The normalized spacial score (nSPS) is 16.4. The first-order valence-electron chi connectivity index (χ1n) is 4.72. The van der Waals surface area contributed by atoms with Crippen LogP contribution in [0, 0.1) is 0 Å². The highest BCUT2D eigenvalue weighted by atomic mass is 16.5. The van der Waals surface area contributed by atoms with Gasteiger partial charge in [-0.15, -0.1) is 0 Å². The molecule has 0 unspecified atom stereocenters. The summed E-state index contributed by atoms with van der Waals surface area (Å²) in [6.45, 7) is 0. The number of aliphatic imine (C=N–C) groups is 3. The summed E-state index contributed by atoms with van der Waals surface area (Å²) in [5.41, 5.74) is 2.45. The van der Waals surface area contributed by atoms with Gasteiger partial charge in [0.25, 0.3) is 5.91 Å². The smallest absolute Gasteiger partial charge is 0.299 e. The summed E-state index contributed by atoms with van der Waals surface area (Å²) in [6, 6.07) is 5.43. The van der Waals surface area contributed by atoms with Crippen LogP contribution in [-0.4, -0.2) is 30.8 Å². The van der Waals surface area contributed by atoms with E-state index in [4.69, 9.17) is 4.74 Å². The number of carbonyl (C=O) groups excluding carboxylic acids is 1. The summed E-state index contributed by atoms with van der Waals surface area (Å²) in [5, 5.41) is 0. The molecule has 0 aliphatic carbocycles. The van der Waals surface area contributed by atoms with Gasteiger partial charge in [-0.05, 0) is 12.1 Å². The van der Waals surface area contributed by atoms with Gasteiger partial charge in [0.05, 0.1) is 12.8 Å². The van der Waals surface area contributed by atoms with Crippen LogP contribution in [-0.2, 0) is 4.79 Å². The topological polar surface area (TPSA) is 63.4 Å². The number of hydrogen-bond donors (Lipinski definition) is 0. The second-order valence-corrected chi connectivity index (χ2v) is 3.37. The fourth-order valence-electron chi connectivity index (χ4n) is 1.71. The summed E-state index contributed by atoms with van der Waals surface area (Å²) in [6.07, 6.45) is 1.26. The van der Waals surface area contributed by atoms with Gasteiger partial charge < -0.3 is 4.74 Å². The average molecular weight is 213 g/mol. The maximum Gasteiger partial charge on any atom is 0.299 e. The van der Waals surface area contributed by atoms with E-state index in [1.807, 2.05) is 12.1 Å². The number of methoxy groups -OCH3 is 1. The minimum absolute atomic E-state index is 0.311. The van der Waals surface area contributed by atoms with E-state index in [2.05, 4.69) is 15.0 Å². The van der Waals surface area contributed by atoms with E-state index in [1.54, 1.807) is 13.2 Å². The van der Waals surface area contributed by atoms with Gasteiger partial charge in [-0.3, -0.25) is 4.79 Å². The van der Waals surface area contributed by atoms with Crippen LogP contribution in [0.3, 0.4) is 0 Å². The highest BCUT2D eigenvalue weighted by Gasteiger charge is 2.29. The van der Waals surface area contributed by atoms with Crippen LogP contribution < -0.4 is 4.74 Å². The van der Waals surface area contributed by atoms with Gasteiger partial charge in [-0.2, -0.15) is 4.99 Å². The fourth-order valence-corrected chi connectivity index (χ4v) is 1.71. The van der Waals surface area contributed by atoms with E-state index < -0.39 is 0 Å². The highest BCUT2D eigenvalue weighted by Crippen LogP contribution is 2.31. The molecule has 0 N–H and O–H groups in total. The van der Waals surface area contributed by atoms with Crippen LogP contribution in [0.2, 0.25) is 0 Å². The third-order valence-corrected chi connectivity index (χ3v) is 2.48. The SMILES string of the molecule is COc1ccc2c(c1)N=C1C(=O)N=CN=C12. The number of hydrogen-bond acceptors (Lipinski definition) is 4. The molecule has 0 fully saturated rings. The Morgan fingerprint density at radius 2 is 2.12 bits per heavy atom. The first kappa shape index (κ1) is 8.96. The second kappa shape index (κ2) is 3.10. The molecule has 0 spiro atoms. The number of fused-ring (bicyclic) bond motifs is 3. The van der Waals surface area contributed by atoms with Crippen LogP contribution >= 0.6 is 0 Å². The zero-order chi connectivity index (χ0) is 11.1. The molecule has 2 aliphatic rings. The van der Waals surface area contributed by atoms with Crippen LogP contribution in [0.5, 0.6) is 5.75 Å². The highest BCUT2D eigenvalue weighted by molar-refractivity contribution is 6.74. The number of nitrogens with zero attached hydrogens (tertiary/aromatic N) is 3. The van der Waals surface area contributed by atoms with Crippen molar-refractivity contribution in [1.82, 2.24) is 0 Å². The van der Waals surface area contributed by atoms with Crippen molar-refractivity contribution >= 4 is 29.4 Å². The van der Waals surface area contributed by atoms with Gasteiger partial charge in [-0.1, -0.05) is 0 Å². The molecular weight excluding hydrogens is 206 g/mol. The van der Waals surface area contributed by atoms with E-state index in [0.717, 1.165) is 5.56 Å². The van der Waals surface area contributed by atoms with Gasteiger partial charge in [0.1, 0.15) is 17.8 Å². The van der Waals surface area contributed by atoms with Crippen molar-refractivity contribution in [2.24, 2.45) is 15.0 Å². The molecule has 0 saturated heterocycles. The van der Waals surface area contributed by atoms with Crippen LogP contribution in [0.1, 0.15) is 5.56 Å². The Morgan fingerprint density at radius 1 is 1.25 bits per heavy atom. The lowest BCUT2D eigenvalue weighted by Crippen LogP contribution is -2.23. The third kappa shape index (κ3) is 1.11. The van der Waals surface area contributed by atoms with E-state index in [9.17, 15) is 4.79 Å². The van der Waals surface area contributed by atoms with Crippen LogP contribution in [0.25, 0.3) is 0 Å². The largest absolute Gasteiger partial charge is 0.497 e. The zero-order valence-corrected chi connectivity index (χ0v) is 8.47. The summed E-state index contributed by atoms with van der Waals surface area (Å²) in [5.74, 6) is 0.357. The fraction of sp³-hybridized carbons (Fsp3) is 0.0909. The number of amides is 1. The molecule has 16 heavy (non-hydrogen) atoms. The molecule has 5 heteroatoms. The summed E-state index contributed by atoms with van der Waals surface area (Å²) < 4.78 is 5.09. The van der Waals surface area contributed by atoms with Gasteiger partial charge in [-0.25, -0.2) is 9.98 Å². The molecule has 2 heterocycles. The van der Waals surface area contributed by atoms with Crippen molar-refractivity contribution in [3.63, 3.8) is 0 Å². The first-order chi connectivity index (χ1) is 7.79. The van der Waals surface area contributed by atoms with Gasteiger partial charge in [0, 0.05) is 11.6 Å². The van der Waals surface area contributed by atoms with Crippen LogP contribution in [0.15, 0.2) is 33.2 Å². The van der Waals surface area contributed by atoms with Gasteiger partial charge in [0.15, 0.2) is 5.71 Å². The quantitative estimate of drug-likeness (QED) is 0.702. The molecule has 0 radical (unpaired) electrons. The Balaban J connectivity index is 2.19. The molecule has 2 aliphatic heterocycles. The Kier molecular flexibility index (Phi) is 1.73.